The summed E-state index contributed by atoms with van der Waals surface area (Å²) in [6, 6.07) is 8.78. The molecule has 1 aromatic carbocycles. The first-order chi connectivity index (χ1) is 10.2. The van der Waals surface area contributed by atoms with Gasteiger partial charge in [-0.1, -0.05) is 52.2 Å². The summed E-state index contributed by atoms with van der Waals surface area (Å²) in [6.07, 6.45) is 5.00. The van der Waals surface area contributed by atoms with Gasteiger partial charge in [-0.25, -0.2) is 0 Å². The molecule has 21 heavy (non-hydrogen) atoms. The van der Waals surface area contributed by atoms with Crippen molar-refractivity contribution in [2.24, 2.45) is 0 Å². The third-order valence-corrected chi connectivity index (χ3v) is 3.28. The molecule has 1 aromatic rings. The maximum atomic E-state index is 5.67. The number of rotatable bonds is 12. The van der Waals surface area contributed by atoms with E-state index in [0.29, 0.717) is 19.3 Å². The molecule has 0 saturated heterocycles. The number of unbranched alkanes of at least 4 members (excludes halogenated alkanes) is 3. The standard InChI is InChI=1S/C18H31NO2/c1-4-5-6-7-12-20-13-14-21-18-10-8-17(9-11-18)15-19-16(2)3/h8-11,16,19H,4-7,12-15H2,1-3H3. The van der Waals surface area contributed by atoms with E-state index >= 15 is 0 Å². The summed E-state index contributed by atoms with van der Waals surface area (Å²) in [5.74, 6) is 0.915. The van der Waals surface area contributed by atoms with Crippen molar-refractivity contribution in [3.63, 3.8) is 0 Å². The lowest BCUT2D eigenvalue weighted by Crippen LogP contribution is -2.21. The van der Waals surface area contributed by atoms with E-state index in [1.54, 1.807) is 0 Å². The highest BCUT2D eigenvalue weighted by Crippen LogP contribution is 2.12. The highest BCUT2D eigenvalue weighted by Gasteiger charge is 1.97. The molecule has 3 heteroatoms. The zero-order valence-electron chi connectivity index (χ0n) is 13.9. The van der Waals surface area contributed by atoms with Crippen LogP contribution in [-0.4, -0.2) is 25.9 Å². The zero-order valence-corrected chi connectivity index (χ0v) is 13.9. The third kappa shape index (κ3) is 9.48. The van der Waals surface area contributed by atoms with Crippen molar-refractivity contribution < 1.29 is 9.47 Å². The van der Waals surface area contributed by atoms with E-state index in [9.17, 15) is 0 Å². The predicted molar refractivity (Wildman–Crippen MR) is 88.9 cm³/mol. The van der Waals surface area contributed by atoms with Crippen molar-refractivity contribution in [3.05, 3.63) is 29.8 Å². The van der Waals surface area contributed by atoms with Crippen LogP contribution in [0.25, 0.3) is 0 Å². The molecule has 1 rings (SSSR count). The van der Waals surface area contributed by atoms with Gasteiger partial charge < -0.3 is 14.8 Å². The largest absolute Gasteiger partial charge is 0.491 e. The van der Waals surface area contributed by atoms with Crippen LogP contribution < -0.4 is 10.1 Å². The summed E-state index contributed by atoms with van der Waals surface area (Å²) in [6.45, 7) is 9.57. The van der Waals surface area contributed by atoms with Crippen molar-refractivity contribution in [2.45, 2.75) is 59.0 Å². The molecule has 0 unspecified atom stereocenters. The van der Waals surface area contributed by atoms with E-state index < -0.39 is 0 Å². The second-order valence-electron chi connectivity index (χ2n) is 5.70. The molecule has 120 valence electrons. The van der Waals surface area contributed by atoms with Crippen LogP contribution in [0.1, 0.15) is 52.0 Å². The lowest BCUT2D eigenvalue weighted by atomic mass is 10.2. The molecule has 0 aliphatic heterocycles. The minimum Gasteiger partial charge on any atom is -0.491 e. The van der Waals surface area contributed by atoms with E-state index in [-0.39, 0.29) is 0 Å². The monoisotopic (exact) mass is 293 g/mol. The summed E-state index contributed by atoms with van der Waals surface area (Å²) in [4.78, 5) is 0. The SMILES string of the molecule is CCCCCCOCCOc1ccc(CNC(C)C)cc1. The summed E-state index contributed by atoms with van der Waals surface area (Å²) in [7, 11) is 0. The molecular weight excluding hydrogens is 262 g/mol. The molecule has 3 nitrogen and oxygen atoms in total. The van der Waals surface area contributed by atoms with Crippen molar-refractivity contribution >= 4 is 0 Å². The average molecular weight is 293 g/mol. The Morgan fingerprint density at radius 2 is 1.71 bits per heavy atom. The zero-order chi connectivity index (χ0) is 15.3. The average Bonchev–Trinajstić information content (AvgIpc) is 2.49. The maximum absolute atomic E-state index is 5.67. The first-order valence-corrected chi connectivity index (χ1v) is 8.25. The number of hydrogen-bond acceptors (Lipinski definition) is 3. The van der Waals surface area contributed by atoms with Gasteiger partial charge in [0.2, 0.25) is 0 Å². The van der Waals surface area contributed by atoms with Crippen LogP contribution in [0, 0.1) is 0 Å². The second-order valence-corrected chi connectivity index (χ2v) is 5.70. The van der Waals surface area contributed by atoms with Gasteiger partial charge in [-0.05, 0) is 24.1 Å². The van der Waals surface area contributed by atoms with Crippen LogP contribution in [0.3, 0.4) is 0 Å². The molecule has 0 radical (unpaired) electrons. The second kappa shape index (κ2) is 11.6. The first kappa shape index (κ1) is 18.0. The Labute approximate surface area is 130 Å². The topological polar surface area (TPSA) is 30.5 Å². The molecule has 1 N–H and O–H groups in total. The Morgan fingerprint density at radius 3 is 2.38 bits per heavy atom. The summed E-state index contributed by atoms with van der Waals surface area (Å²) in [5.41, 5.74) is 1.28. The van der Waals surface area contributed by atoms with Gasteiger partial charge in [0, 0.05) is 19.2 Å². The van der Waals surface area contributed by atoms with Crippen LogP contribution in [0.5, 0.6) is 5.75 Å². The molecule has 0 saturated carbocycles. The van der Waals surface area contributed by atoms with E-state index in [1.165, 1.54) is 24.8 Å². The fraction of sp³-hybridized carbons (Fsp3) is 0.667. The van der Waals surface area contributed by atoms with Crippen LogP contribution in [0.2, 0.25) is 0 Å². The fourth-order valence-corrected chi connectivity index (χ4v) is 1.98. The van der Waals surface area contributed by atoms with Crippen molar-refractivity contribution in [1.29, 1.82) is 0 Å². The van der Waals surface area contributed by atoms with E-state index in [2.05, 4.69) is 38.2 Å². The van der Waals surface area contributed by atoms with Crippen LogP contribution in [-0.2, 0) is 11.3 Å². The Bertz CT molecular complexity index is 349. The van der Waals surface area contributed by atoms with Gasteiger partial charge in [0.1, 0.15) is 12.4 Å². The van der Waals surface area contributed by atoms with Crippen LogP contribution >= 0.6 is 0 Å². The summed E-state index contributed by atoms with van der Waals surface area (Å²) >= 11 is 0. The Hall–Kier alpha value is -1.06. The number of nitrogens with one attached hydrogen (secondary N) is 1. The smallest absolute Gasteiger partial charge is 0.119 e. The third-order valence-electron chi connectivity index (χ3n) is 3.28. The molecule has 0 spiro atoms. The molecule has 0 aliphatic carbocycles. The molecule has 0 aromatic heterocycles. The minimum atomic E-state index is 0.510. The lowest BCUT2D eigenvalue weighted by Gasteiger charge is -2.10. The van der Waals surface area contributed by atoms with Crippen molar-refractivity contribution in [3.8, 4) is 5.75 Å². The number of benzene rings is 1. The van der Waals surface area contributed by atoms with Crippen molar-refractivity contribution in [2.75, 3.05) is 19.8 Å². The maximum Gasteiger partial charge on any atom is 0.119 e. The molecule has 0 heterocycles. The van der Waals surface area contributed by atoms with Gasteiger partial charge in [-0.15, -0.1) is 0 Å². The predicted octanol–water partition coefficient (Wildman–Crippen LogP) is 4.16. The molecule has 0 aliphatic rings. The van der Waals surface area contributed by atoms with Crippen LogP contribution in [0.4, 0.5) is 0 Å². The van der Waals surface area contributed by atoms with Gasteiger partial charge in [-0.2, -0.15) is 0 Å². The molecule has 0 fully saturated rings. The van der Waals surface area contributed by atoms with E-state index in [0.717, 1.165) is 25.3 Å². The first-order valence-electron chi connectivity index (χ1n) is 8.25. The highest BCUT2D eigenvalue weighted by molar-refractivity contribution is 5.27. The summed E-state index contributed by atoms with van der Waals surface area (Å²) < 4.78 is 11.2. The van der Waals surface area contributed by atoms with Gasteiger partial charge >= 0.3 is 0 Å². The van der Waals surface area contributed by atoms with Gasteiger partial charge in [0.15, 0.2) is 0 Å². The minimum absolute atomic E-state index is 0.510. The van der Waals surface area contributed by atoms with Gasteiger partial charge in [0.05, 0.1) is 6.61 Å². The Morgan fingerprint density at radius 1 is 0.952 bits per heavy atom. The Kier molecular flexibility index (Phi) is 9.92. The Balaban J connectivity index is 2.07. The fourth-order valence-electron chi connectivity index (χ4n) is 1.98. The molecule has 0 amide bonds. The highest BCUT2D eigenvalue weighted by atomic mass is 16.5. The molecule has 0 bridgehead atoms. The lowest BCUT2D eigenvalue weighted by molar-refractivity contribution is 0.0971. The quantitative estimate of drug-likeness (QED) is 0.587. The molecule has 0 atom stereocenters. The van der Waals surface area contributed by atoms with Gasteiger partial charge in [-0.3, -0.25) is 0 Å². The number of hydrogen-bond donors (Lipinski definition) is 1. The normalized spacial score (nSPS) is 11.0. The van der Waals surface area contributed by atoms with E-state index in [4.69, 9.17) is 9.47 Å². The summed E-state index contributed by atoms with van der Waals surface area (Å²) in [5, 5.41) is 3.40. The van der Waals surface area contributed by atoms with E-state index in [1.807, 2.05) is 12.1 Å². The van der Waals surface area contributed by atoms with Crippen LogP contribution in [0.15, 0.2) is 24.3 Å². The van der Waals surface area contributed by atoms with Gasteiger partial charge in [0.25, 0.3) is 0 Å². The molecular formula is C18H31NO2. The number of ether oxygens (including phenoxy) is 2. The van der Waals surface area contributed by atoms with Crippen molar-refractivity contribution in [1.82, 2.24) is 5.32 Å².